The largest absolute Gasteiger partial charge is 0.497 e. The first-order chi connectivity index (χ1) is 11.7. The lowest BCUT2D eigenvalue weighted by atomic mass is 10.1. The van der Waals surface area contributed by atoms with E-state index in [2.05, 4.69) is 23.3 Å². The van der Waals surface area contributed by atoms with E-state index in [1.165, 1.54) is 4.70 Å². The Hall–Kier alpha value is -1.95. The molecule has 2 aromatic carbocycles. The predicted octanol–water partition coefficient (Wildman–Crippen LogP) is 3.56. The fourth-order valence-electron chi connectivity index (χ4n) is 2.62. The highest BCUT2D eigenvalue weighted by Crippen LogP contribution is 2.23. The number of aromatic nitrogens is 1. The lowest BCUT2D eigenvalue weighted by molar-refractivity contribution is 0.170. The zero-order chi connectivity index (χ0) is 16.9. The minimum absolute atomic E-state index is 0.242. The monoisotopic (exact) mass is 342 g/mol. The molecule has 0 spiro atoms. The second-order valence-electron chi connectivity index (χ2n) is 5.88. The minimum Gasteiger partial charge on any atom is -0.497 e. The summed E-state index contributed by atoms with van der Waals surface area (Å²) < 4.78 is 6.42. The van der Waals surface area contributed by atoms with Crippen LogP contribution in [0.15, 0.2) is 48.5 Å². The van der Waals surface area contributed by atoms with Crippen LogP contribution >= 0.6 is 11.3 Å². The Kier molecular flexibility index (Phi) is 5.45. The van der Waals surface area contributed by atoms with Gasteiger partial charge < -0.3 is 15.2 Å². The molecule has 0 radical (unpaired) electrons. The van der Waals surface area contributed by atoms with Gasteiger partial charge in [-0.05, 0) is 36.8 Å². The lowest BCUT2D eigenvalue weighted by Crippen LogP contribution is -2.32. The Labute approximate surface area is 146 Å². The second kappa shape index (κ2) is 7.75. The van der Waals surface area contributed by atoms with E-state index in [0.29, 0.717) is 6.54 Å². The number of thiazole rings is 1. The number of nitrogens with one attached hydrogen (secondary N) is 1. The van der Waals surface area contributed by atoms with Crippen molar-refractivity contribution in [2.75, 3.05) is 13.7 Å². The van der Waals surface area contributed by atoms with E-state index < -0.39 is 6.10 Å². The van der Waals surface area contributed by atoms with Crippen molar-refractivity contribution in [2.45, 2.75) is 25.5 Å². The number of aliphatic hydroxyl groups is 1. The van der Waals surface area contributed by atoms with Crippen LogP contribution in [0.3, 0.4) is 0 Å². The maximum Gasteiger partial charge on any atom is 0.119 e. The van der Waals surface area contributed by atoms with Gasteiger partial charge in [-0.25, -0.2) is 4.98 Å². The van der Waals surface area contributed by atoms with Crippen molar-refractivity contribution in [3.05, 3.63) is 59.1 Å². The summed E-state index contributed by atoms with van der Waals surface area (Å²) in [6.45, 7) is 2.61. The van der Waals surface area contributed by atoms with Crippen molar-refractivity contribution in [3.63, 3.8) is 0 Å². The fraction of sp³-hybridized carbons (Fsp3) is 0.316. The zero-order valence-corrected chi connectivity index (χ0v) is 14.7. The molecule has 1 aromatic heterocycles. The molecule has 2 N–H and O–H groups in total. The number of ether oxygens (including phenoxy) is 1. The van der Waals surface area contributed by atoms with Crippen molar-refractivity contribution < 1.29 is 9.84 Å². The smallest absolute Gasteiger partial charge is 0.119 e. The van der Waals surface area contributed by atoms with Crippen LogP contribution in [0.25, 0.3) is 10.2 Å². The first-order valence-electron chi connectivity index (χ1n) is 8.05. The van der Waals surface area contributed by atoms with Gasteiger partial charge in [0.25, 0.3) is 0 Å². The van der Waals surface area contributed by atoms with E-state index in [-0.39, 0.29) is 6.04 Å². The second-order valence-corrected chi connectivity index (χ2v) is 7.00. The van der Waals surface area contributed by atoms with Crippen LogP contribution in [0.2, 0.25) is 0 Å². The molecule has 0 bridgehead atoms. The van der Waals surface area contributed by atoms with Crippen molar-refractivity contribution in [1.82, 2.24) is 10.3 Å². The Bertz CT molecular complexity index is 770. The lowest BCUT2D eigenvalue weighted by Gasteiger charge is -2.17. The molecule has 0 fully saturated rings. The number of methoxy groups -OCH3 is 1. The van der Waals surface area contributed by atoms with E-state index in [0.717, 1.165) is 28.3 Å². The summed E-state index contributed by atoms with van der Waals surface area (Å²) in [5.41, 5.74) is 1.91. The zero-order valence-electron chi connectivity index (χ0n) is 13.9. The van der Waals surface area contributed by atoms with Crippen LogP contribution in [0.4, 0.5) is 0 Å². The molecular weight excluding hydrogens is 320 g/mol. The number of benzene rings is 2. The normalized spacial score (nSPS) is 13.8. The highest BCUT2D eigenvalue weighted by Gasteiger charge is 2.12. The van der Waals surface area contributed by atoms with E-state index in [1.54, 1.807) is 18.4 Å². The SMILES string of the molecule is COc1cccc([C@@H](O)CN[C@@H](C)Cc2nc3ccccc3s2)c1. The fourth-order valence-corrected chi connectivity index (χ4v) is 3.72. The number of nitrogens with zero attached hydrogens (tertiary/aromatic N) is 1. The van der Waals surface area contributed by atoms with Gasteiger partial charge in [-0.2, -0.15) is 0 Å². The number of hydrogen-bond acceptors (Lipinski definition) is 5. The van der Waals surface area contributed by atoms with Gasteiger partial charge >= 0.3 is 0 Å². The van der Waals surface area contributed by atoms with Crippen LogP contribution in [0, 0.1) is 0 Å². The van der Waals surface area contributed by atoms with Gasteiger partial charge in [0.15, 0.2) is 0 Å². The number of aliphatic hydroxyl groups excluding tert-OH is 1. The first kappa shape index (κ1) is 16.9. The van der Waals surface area contributed by atoms with Crippen LogP contribution in [0.5, 0.6) is 5.75 Å². The third kappa shape index (κ3) is 4.12. The molecule has 5 heteroatoms. The minimum atomic E-state index is -0.557. The van der Waals surface area contributed by atoms with Gasteiger partial charge in [0.2, 0.25) is 0 Å². The number of hydrogen-bond donors (Lipinski definition) is 2. The third-order valence-corrected chi connectivity index (χ3v) is 5.02. The van der Waals surface area contributed by atoms with Crippen LogP contribution < -0.4 is 10.1 Å². The number of fused-ring (bicyclic) bond motifs is 1. The summed E-state index contributed by atoms with van der Waals surface area (Å²) in [5, 5.41) is 14.8. The Morgan fingerprint density at radius 3 is 2.83 bits per heavy atom. The molecule has 0 saturated heterocycles. The molecule has 0 aliphatic carbocycles. The molecule has 0 amide bonds. The van der Waals surface area contributed by atoms with Gasteiger partial charge in [0, 0.05) is 19.0 Å². The van der Waals surface area contributed by atoms with Crippen molar-refractivity contribution >= 4 is 21.6 Å². The molecule has 4 nitrogen and oxygen atoms in total. The van der Waals surface area contributed by atoms with Gasteiger partial charge in [-0.15, -0.1) is 11.3 Å². The van der Waals surface area contributed by atoms with Gasteiger partial charge in [-0.1, -0.05) is 24.3 Å². The maximum absolute atomic E-state index is 10.3. The highest BCUT2D eigenvalue weighted by molar-refractivity contribution is 7.18. The summed E-state index contributed by atoms with van der Waals surface area (Å²) in [6.07, 6.45) is 0.294. The average Bonchev–Trinajstić information content (AvgIpc) is 3.01. The van der Waals surface area contributed by atoms with Gasteiger partial charge in [0.1, 0.15) is 5.75 Å². The van der Waals surface area contributed by atoms with E-state index >= 15 is 0 Å². The van der Waals surface area contributed by atoms with Gasteiger partial charge in [0.05, 0.1) is 28.4 Å². The summed E-state index contributed by atoms with van der Waals surface area (Å²) in [7, 11) is 1.63. The van der Waals surface area contributed by atoms with Crippen LogP contribution in [-0.2, 0) is 6.42 Å². The quantitative estimate of drug-likeness (QED) is 0.689. The molecule has 0 aliphatic heterocycles. The summed E-state index contributed by atoms with van der Waals surface area (Å²) in [4.78, 5) is 4.66. The summed E-state index contributed by atoms with van der Waals surface area (Å²) in [5.74, 6) is 0.758. The molecule has 3 rings (SSSR count). The van der Waals surface area contributed by atoms with E-state index in [9.17, 15) is 5.11 Å². The standard InChI is InChI=1S/C19H22N2O2S/c1-13(10-19-21-16-8-3-4-9-18(16)24-19)20-12-17(22)14-6-5-7-15(11-14)23-2/h3-9,11,13,17,20,22H,10,12H2,1-2H3/t13-,17-/m0/s1. The number of para-hydroxylation sites is 1. The van der Waals surface area contributed by atoms with E-state index in [1.807, 2.05) is 42.5 Å². The Morgan fingerprint density at radius 2 is 2.04 bits per heavy atom. The topological polar surface area (TPSA) is 54.4 Å². The molecule has 3 aromatic rings. The summed E-state index contributed by atoms with van der Waals surface area (Å²) >= 11 is 1.73. The van der Waals surface area contributed by atoms with Crippen molar-refractivity contribution in [3.8, 4) is 5.75 Å². The molecule has 24 heavy (non-hydrogen) atoms. The van der Waals surface area contributed by atoms with Crippen molar-refractivity contribution in [2.24, 2.45) is 0 Å². The van der Waals surface area contributed by atoms with Crippen LogP contribution in [0.1, 0.15) is 23.6 Å². The van der Waals surface area contributed by atoms with E-state index in [4.69, 9.17) is 4.74 Å². The predicted molar refractivity (Wildman–Crippen MR) is 98.7 cm³/mol. The molecule has 126 valence electrons. The molecule has 0 unspecified atom stereocenters. The molecule has 0 aliphatic rings. The first-order valence-corrected chi connectivity index (χ1v) is 8.87. The Balaban J connectivity index is 1.55. The third-order valence-electron chi connectivity index (χ3n) is 3.96. The number of rotatable bonds is 7. The summed E-state index contributed by atoms with van der Waals surface area (Å²) in [6, 6.07) is 16.0. The molecule has 2 atom stereocenters. The van der Waals surface area contributed by atoms with Gasteiger partial charge in [-0.3, -0.25) is 0 Å². The van der Waals surface area contributed by atoms with Crippen molar-refractivity contribution in [1.29, 1.82) is 0 Å². The molecule has 1 heterocycles. The molecule has 0 saturated carbocycles. The Morgan fingerprint density at radius 1 is 1.21 bits per heavy atom. The maximum atomic E-state index is 10.3. The van der Waals surface area contributed by atoms with Crippen LogP contribution in [-0.4, -0.2) is 29.8 Å². The average molecular weight is 342 g/mol. The highest BCUT2D eigenvalue weighted by atomic mass is 32.1. The molecular formula is C19H22N2O2S.